The van der Waals surface area contributed by atoms with Gasteiger partial charge in [-0.05, 0) is 41.8 Å². The number of hydrogen-bond donors (Lipinski definition) is 1. The molecule has 3 aromatic rings. The molecule has 3 rings (SSSR count). The molecule has 0 spiro atoms. The summed E-state index contributed by atoms with van der Waals surface area (Å²) in [6.07, 6.45) is 4.61. The van der Waals surface area contributed by atoms with Crippen molar-refractivity contribution in [2.24, 2.45) is 10.8 Å². The van der Waals surface area contributed by atoms with E-state index in [4.69, 9.17) is 4.98 Å². The average Bonchev–Trinajstić information content (AvgIpc) is 2.86. The summed E-state index contributed by atoms with van der Waals surface area (Å²) in [6.45, 7) is 20.2. The van der Waals surface area contributed by atoms with Crippen LogP contribution in [-0.2, 0) is 36.7 Å². The third kappa shape index (κ3) is 8.89. The molecule has 0 aliphatic heterocycles. The number of para-hydroxylation sites is 1. The van der Waals surface area contributed by atoms with E-state index in [1.165, 1.54) is 22.6 Å². The Morgan fingerprint density at radius 3 is 2.03 bits per heavy atom. The molecule has 3 nitrogen and oxygen atoms in total. The first kappa shape index (κ1) is 33.7. The molecular weight excluding hydrogens is 647 g/mol. The molecule has 0 unspecified atom stereocenters. The van der Waals surface area contributed by atoms with Crippen molar-refractivity contribution >= 4 is 16.7 Å². The first-order chi connectivity index (χ1) is 17.1. The zero-order valence-electron chi connectivity index (χ0n) is 25.0. The maximum absolute atomic E-state index is 11.5. The topological polar surface area (TPSA) is 50.2 Å². The van der Waals surface area contributed by atoms with Crippen LogP contribution in [0.3, 0.4) is 0 Å². The van der Waals surface area contributed by atoms with Crippen LogP contribution in [0.4, 0.5) is 0 Å². The van der Waals surface area contributed by atoms with Crippen molar-refractivity contribution in [2.45, 2.75) is 93.9 Å². The summed E-state index contributed by atoms with van der Waals surface area (Å²) in [5.41, 5.74) is 5.30. The molecule has 0 aliphatic rings. The van der Waals surface area contributed by atoms with Crippen LogP contribution in [0.2, 0.25) is 0 Å². The van der Waals surface area contributed by atoms with Crippen molar-refractivity contribution in [3.63, 3.8) is 0 Å². The van der Waals surface area contributed by atoms with Gasteiger partial charge in [0.1, 0.15) is 5.76 Å². The molecule has 4 heteroatoms. The van der Waals surface area contributed by atoms with E-state index in [0.717, 1.165) is 36.0 Å². The normalized spacial score (nSPS) is 12.4. The standard InChI is InChI=1S/C23H26N.C11H20O2.Ir/c1-5-17-14-19(16-20(15-17)23(4,6-2)7-3)22-13-12-18-10-8-9-11-21(18)24-22;1-10(2,3)8(12)7-9(13)11(4,5)6;/h8-13,15-16H,5-7H2,1-4H3;7,12H,1-6H3;/q-1;;/b;8-7-;. The molecule has 0 saturated carbocycles. The number of hydrogen-bond acceptors (Lipinski definition) is 3. The number of pyridine rings is 1. The number of aliphatic hydroxyl groups excluding tert-OH is 1. The SMILES string of the molecule is CC(C)(C)C(=O)/C=C(\O)C(C)(C)C.CCc1[c-]c(-c2ccc3ccccc3n2)cc(C(C)(CC)CC)c1.[Ir]. The van der Waals surface area contributed by atoms with Crippen molar-refractivity contribution in [2.75, 3.05) is 0 Å². The maximum atomic E-state index is 11.5. The number of carbonyl (C=O) groups excluding carboxylic acids is 1. The fourth-order valence-electron chi connectivity index (χ4n) is 3.74. The van der Waals surface area contributed by atoms with Crippen molar-refractivity contribution in [3.05, 3.63) is 77.6 Å². The third-order valence-corrected chi connectivity index (χ3v) is 7.21. The Kier molecular flexibility index (Phi) is 12.1. The molecule has 0 atom stereocenters. The number of aryl methyl sites for hydroxylation is 1. The van der Waals surface area contributed by atoms with Gasteiger partial charge in [0.05, 0.1) is 5.52 Å². The Morgan fingerprint density at radius 2 is 1.50 bits per heavy atom. The first-order valence-electron chi connectivity index (χ1n) is 13.5. The van der Waals surface area contributed by atoms with E-state index in [1.54, 1.807) is 0 Å². The fourth-order valence-corrected chi connectivity index (χ4v) is 3.74. The Hall–Kier alpha value is -2.29. The number of aromatic nitrogens is 1. The van der Waals surface area contributed by atoms with Crippen LogP contribution < -0.4 is 0 Å². The second kappa shape index (κ2) is 13.7. The van der Waals surface area contributed by atoms with Crippen LogP contribution in [0.5, 0.6) is 0 Å². The van der Waals surface area contributed by atoms with Gasteiger partial charge in [0.15, 0.2) is 5.78 Å². The Labute approximate surface area is 244 Å². The largest absolute Gasteiger partial charge is 0.512 e. The smallest absolute Gasteiger partial charge is 0.164 e. The molecule has 1 radical (unpaired) electrons. The number of nitrogens with zero attached hydrogens (tertiary/aromatic N) is 1. The average molecular weight is 693 g/mol. The second-order valence-electron chi connectivity index (χ2n) is 12.2. The van der Waals surface area contributed by atoms with Gasteiger partial charge in [-0.25, -0.2) is 0 Å². The van der Waals surface area contributed by atoms with Gasteiger partial charge < -0.3 is 5.11 Å². The van der Waals surface area contributed by atoms with E-state index in [2.05, 4.69) is 76.2 Å². The number of benzene rings is 2. The van der Waals surface area contributed by atoms with Crippen LogP contribution >= 0.6 is 0 Å². The second-order valence-corrected chi connectivity index (χ2v) is 12.2. The van der Waals surface area contributed by atoms with Gasteiger partial charge in [-0.3, -0.25) is 9.78 Å². The zero-order valence-corrected chi connectivity index (χ0v) is 27.3. The Bertz CT molecular complexity index is 1240. The van der Waals surface area contributed by atoms with Crippen molar-refractivity contribution in [1.29, 1.82) is 0 Å². The number of ketones is 1. The summed E-state index contributed by atoms with van der Waals surface area (Å²) >= 11 is 0. The number of allylic oxidation sites excluding steroid dienone is 2. The molecule has 0 bridgehead atoms. The van der Waals surface area contributed by atoms with Gasteiger partial charge >= 0.3 is 0 Å². The molecule has 0 fully saturated rings. The molecule has 1 N–H and O–H groups in total. The van der Waals surface area contributed by atoms with E-state index in [1.807, 2.05) is 47.6 Å². The van der Waals surface area contributed by atoms with Gasteiger partial charge in [0.25, 0.3) is 0 Å². The summed E-state index contributed by atoms with van der Waals surface area (Å²) in [5.74, 6) is 0.104. The van der Waals surface area contributed by atoms with Crippen LogP contribution in [0, 0.1) is 16.9 Å². The molecule has 1 aromatic heterocycles. The van der Waals surface area contributed by atoms with Gasteiger partial charge in [0, 0.05) is 37.0 Å². The van der Waals surface area contributed by atoms with E-state index in [9.17, 15) is 9.90 Å². The molecular formula is C34H46IrNO2-. The fraction of sp³-hybridized carbons (Fsp3) is 0.471. The number of rotatable bonds is 6. The molecule has 209 valence electrons. The van der Waals surface area contributed by atoms with Gasteiger partial charge in [-0.1, -0.05) is 99.6 Å². The molecule has 0 aliphatic carbocycles. The number of carbonyl (C=O) groups is 1. The van der Waals surface area contributed by atoms with E-state index in [0.29, 0.717) is 0 Å². The maximum Gasteiger partial charge on any atom is 0.164 e. The Morgan fingerprint density at radius 1 is 0.895 bits per heavy atom. The quantitative estimate of drug-likeness (QED) is 0.159. The van der Waals surface area contributed by atoms with Gasteiger partial charge in [0.2, 0.25) is 0 Å². The van der Waals surface area contributed by atoms with Crippen molar-refractivity contribution < 1.29 is 30.0 Å². The van der Waals surface area contributed by atoms with Crippen LogP contribution in [0.1, 0.15) is 93.2 Å². The summed E-state index contributed by atoms with van der Waals surface area (Å²) in [5, 5.41) is 10.7. The van der Waals surface area contributed by atoms with Crippen molar-refractivity contribution in [3.8, 4) is 11.3 Å². The predicted molar refractivity (Wildman–Crippen MR) is 158 cm³/mol. The minimum atomic E-state index is -0.417. The molecule has 1 heterocycles. The van der Waals surface area contributed by atoms with Crippen LogP contribution in [0.15, 0.2) is 60.4 Å². The van der Waals surface area contributed by atoms with Crippen LogP contribution in [0.25, 0.3) is 22.2 Å². The Balaban J connectivity index is 0.000000444. The first-order valence-corrected chi connectivity index (χ1v) is 13.5. The summed E-state index contributed by atoms with van der Waals surface area (Å²) < 4.78 is 0. The molecule has 38 heavy (non-hydrogen) atoms. The zero-order chi connectivity index (χ0) is 28.0. The van der Waals surface area contributed by atoms with E-state index in [-0.39, 0.29) is 42.5 Å². The summed E-state index contributed by atoms with van der Waals surface area (Å²) in [7, 11) is 0. The van der Waals surface area contributed by atoms with Crippen molar-refractivity contribution in [1.82, 2.24) is 4.98 Å². The number of aliphatic hydroxyl groups is 1. The number of fused-ring (bicyclic) bond motifs is 1. The van der Waals surface area contributed by atoms with E-state index < -0.39 is 5.41 Å². The minimum absolute atomic E-state index is 0. The summed E-state index contributed by atoms with van der Waals surface area (Å²) in [4.78, 5) is 16.3. The van der Waals surface area contributed by atoms with Gasteiger partial charge in [-0.2, -0.15) is 0 Å². The minimum Gasteiger partial charge on any atom is -0.512 e. The summed E-state index contributed by atoms with van der Waals surface area (Å²) in [6, 6.07) is 20.8. The molecule has 0 saturated heterocycles. The van der Waals surface area contributed by atoms with Crippen LogP contribution in [-0.4, -0.2) is 15.9 Å². The molecule has 2 aromatic carbocycles. The van der Waals surface area contributed by atoms with Gasteiger partial charge in [-0.15, -0.1) is 34.9 Å². The molecule has 0 amide bonds. The predicted octanol–water partition coefficient (Wildman–Crippen LogP) is 9.43. The monoisotopic (exact) mass is 693 g/mol. The van der Waals surface area contributed by atoms with E-state index >= 15 is 0 Å². The third-order valence-electron chi connectivity index (χ3n) is 7.21.